The molecule has 0 saturated carbocycles. The van der Waals surface area contributed by atoms with E-state index < -0.39 is 0 Å². The molecule has 4 aromatic rings. The minimum absolute atomic E-state index is 0.128. The van der Waals surface area contributed by atoms with Crippen molar-refractivity contribution in [1.29, 1.82) is 0 Å². The van der Waals surface area contributed by atoms with Gasteiger partial charge in [-0.15, -0.1) is 5.10 Å². The van der Waals surface area contributed by atoms with Crippen LogP contribution in [-0.2, 0) is 6.54 Å². The first-order valence-electron chi connectivity index (χ1n) is 11.4. The summed E-state index contributed by atoms with van der Waals surface area (Å²) in [6, 6.07) is 13.9. The summed E-state index contributed by atoms with van der Waals surface area (Å²) < 4.78 is 15.1. The van der Waals surface area contributed by atoms with Crippen LogP contribution >= 0.6 is 0 Å². The Hall–Kier alpha value is -3.39. The molecule has 0 amide bonds. The number of aromatic amines is 1. The zero-order valence-corrected chi connectivity index (χ0v) is 18.8. The Labute approximate surface area is 191 Å². The van der Waals surface area contributed by atoms with E-state index in [9.17, 15) is 9.18 Å². The largest absolute Gasteiger partial charge is 0.321 e. The van der Waals surface area contributed by atoms with Gasteiger partial charge in [-0.25, -0.2) is 9.07 Å². The van der Waals surface area contributed by atoms with Crippen molar-refractivity contribution in [2.45, 2.75) is 39.3 Å². The molecule has 2 atom stereocenters. The molecule has 2 unspecified atom stereocenters. The summed E-state index contributed by atoms with van der Waals surface area (Å²) in [5, 5.41) is 13.5. The van der Waals surface area contributed by atoms with E-state index in [-0.39, 0.29) is 17.4 Å². The molecular weight excluding hydrogens is 419 g/mol. The summed E-state index contributed by atoms with van der Waals surface area (Å²) in [6.07, 6.45) is 2.22. The van der Waals surface area contributed by atoms with Crippen molar-refractivity contribution in [3.8, 4) is 0 Å². The van der Waals surface area contributed by atoms with Gasteiger partial charge in [0.1, 0.15) is 11.9 Å². The number of para-hydroxylation sites is 1. The minimum Gasteiger partial charge on any atom is -0.321 e. The fourth-order valence-corrected chi connectivity index (χ4v) is 4.85. The number of fused-ring (bicyclic) bond motifs is 1. The van der Waals surface area contributed by atoms with Crippen molar-refractivity contribution >= 4 is 10.9 Å². The Morgan fingerprint density at radius 3 is 2.82 bits per heavy atom. The second-order valence-corrected chi connectivity index (χ2v) is 9.06. The van der Waals surface area contributed by atoms with Crippen LogP contribution in [0, 0.1) is 18.7 Å². The zero-order valence-electron chi connectivity index (χ0n) is 18.8. The van der Waals surface area contributed by atoms with Crippen molar-refractivity contribution in [3.63, 3.8) is 0 Å². The summed E-state index contributed by atoms with van der Waals surface area (Å²) in [5.74, 6) is 0.851. The first kappa shape index (κ1) is 21.5. The molecule has 3 heterocycles. The number of nitrogens with one attached hydrogen (secondary N) is 1. The Balaban J connectivity index is 1.62. The topological polar surface area (TPSA) is 79.7 Å². The molecule has 1 fully saturated rings. The highest BCUT2D eigenvalue weighted by atomic mass is 19.1. The molecule has 0 radical (unpaired) electrons. The van der Waals surface area contributed by atoms with E-state index in [1.54, 1.807) is 16.8 Å². The van der Waals surface area contributed by atoms with Gasteiger partial charge in [-0.1, -0.05) is 37.3 Å². The quantitative estimate of drug-likeness (QED) is 0.504. The molecule has 8 heteroatoms. The molecule has 7 nitrogen and oxygen atoms in total. The van der Waals surface area contributed by atoms with Crippen molar-refractivity contribution in [2.24, 2.45) is 5.92 Å². The van der Waals surface area contributed by atoms with Crippen LogP contribution in [0.2, 0.25) is 0 Å². The van der Waals surface area contributed by atoms with E-state index in [2.05, 4.69) is 32.3 Å². The van der Waals surface area contributed by atoms with E-state index in [1.165, 1.54) is 12.1 Å². The summed E-state index contributed by atoms with van der Waals surface area (Å²) in [5.41, 5.74) is 3.27. The van der Waals surface area contributed by atoms with Crippen LogP contribution in [-0.4, -0.2) is 43.2 Å². The highest BCUT2D eigenvalue weighted by molar-refractivity contribution is 5.82. The molecule has 33 heavy (non-hydrogen) atoms. The molecule has 0 aliphatic carbocycles. The van der Waals surface area contributed by atoms with E-state index >= 15 is 0 Å². The summed E-state index contributed by atoms with van der Waals surface area (Å²) >= 11 is 0. The van der Waals surface area contributed by atoms with Gasteiger partial charge in [0.25, 0.3) is 5.56 Å². The van der Waals surface area contributed by atoms with E-state index in [0.717, 1.165) is 48.0 Å². The second kappa shape index (κ2) is 8.86. The number of tetrazole rings is 1. The summed E-state index contributed by atoms with van der Waals surface area (Å²) in [7, 11) is 0. The number of H-pyrrole nitrogens is 1. The van der Waals surface area contributed by atoms with E-state index in [0.29, 0.717) is 23.9 Å². The number of benzene rings is 2. The lowest BCUT2D eigenvalue weighted by Gasteiger charge is -2.36. The van der Waals surface area contributed by atoms with Crippen molar-refractivity contribution in [3.05, 3.63) is 87.2 Å². The van der Waals surface area contributed by atoms with Gasteiger partial charge >= 0.3 is 0 Å². The van der Waals surface area contributed by atoms with Crippen molar-refractivity contribution < 1.29 is 4.39 Å². The SMILES string of the molecule is Cc1cccc2cc(C(c3nnnn3Cc3ccc(F)cc3)N3CCCC(C)C3)c(=O)[nH]c12. The van der Waals surface area contributed by atoms with Crippen LogP contribution < -0.4 is 5.56 Å². The lowest BCUT2D eigenvalue weighted by Crippen LogP contribution is -2.41. The van der Waals surface area contributed by atoms with Gasteiger partial charge in [0.15, 0.2) is 5.82 Å². The monoisotopic (exact) mass is 446 g/mol. The van der Waals surface area contributed by atoms with Gasteiger partial charge in [0.2, 0.25) is 0 Å². The third-order valence-electron chi connectivity index (χ3n) is 6.51. The van der Waals surface area contributed by atoms with Crippen molar-refractivity contribution in [2.75, 3.05) is 13.1 Å². The molecule has 2 aromatic carbocycles. The van der Waals surface area contributed by atoms with Crippen LogP contribution in [0.4, 0.5) is 4.39 Å². The van der Waals surface area contributed by atoms with Gasteiger partial charge < -0.3 is 4.98 Å². The predicted octanol–water partition coefficient (Wildman–Crippen LogP) is 3.83. The highest BCUT2D eigenvalue weighted by Crippen LogP contribution is 2.31. The fourth-order valence-electron chi connectivity index (χ4n) is 4.85. The molecule has 0 spiro atoms. The van der Waals surface area contributed by atoms with E-state index in [1.807, 2.05) is 31.2 Å². The summed E-state index contributed by atoms with van der Waals surface area (Å²) in [6.45, 7) is 6.35. The van der Waals surface area contributed by atoms with Gasteiger partial charge in [0.05, 0.1) is 12.1 Å². The standard InChI is InChI=1S/C25H27FN6O/c1-16-5-4-12-31(14-16)23(21-13-19-7-3-6-17(2)22(19)27-25(21)33)24-28-29-30-32(24)15-18-8-10-20(26)11-9-18/h3,6-11,13,16,23H,4-5,12,14-15H2,1-2H3,(H,27,33). The van der Waals surface area contributed by atoms with Crippen LogP contribution in [0.25, 0.3) is 10.9 Å². The number of halogens is 1. The van der Waals surface area contributed by atoms with Gasteiger partial charge in [-0.2, -0.15) is 0 Å². The predicted molar refractivity (Wildman–Crippen MR) is 124 cm³/mol. The molecule has 0 bridgehead atoms. The maximum Gasteiger partial charge on any atom is 0.253 e. The van der Waals surface area contributed by atoms with Crippen LogP contribution in [0.5, 0.6) is 0 Å². The number of likely N-dealkylation sites (tertiary alicyclic amines) is 1. The van der Waals surface area contributed by atoms with Crippen LogP contribution in [0.15, 0.2) is 53.3 Å². The third kappa shape index (κ3) is 4.30. The Bertz CT molecular complexity index is 1330. The average molecular weight is 447 g/mol. The molecule has 170 valence electrons. The van der Waals surface area contributed by atoms with Gasteiger partial charge in [0, 0.05) is 12.1 Å². The third-order valence-corrected chi connectivity index (χ3v) is 6.51. The Kier molecular flexibility index (Phi) is 5.76. The lowest BCUT2D eigenvalue weighted by molar-refractivity contribution is 0.141. The Morgan fingerprint density at radius 1 is 1.21 bits per heavy atom. The number of piperidine rings is 1. The molecule has 2 aromatic heterocycles. The lowest BCUT2D eigenvalue weighted by atomic mass is 9.95. The Morgan fingerprint density at radius 2 is 2.03 bits per heavy atom. The second-order valence-electron chi connectivity index (χ2n) is 9.06. The normalized spacial score (nSPS) is 18.0. The number of pyridine rings is 1. The molecule has 1 aliphatic heterocycles. The number of aromatic nitrogens is 5. The number of rotatable bonds is 5. The fraction of sp³-hybridized carbons (Fsp3) is 0.360. The first-order valence-corrected chi connectivity index (χ1v) is 11.4. The smallest absolute Gasteiger partial charge is 0.253 e. The summed E-state index contributed by atoms with van der Waals surface area (Å²) in [4.78, 5) is 18.8. The van der Waals surface area contributed by atoms with Crippen LogP contribution in [0.1, 0.15) is 48.3 Å². The maximum atomic E-state index is 13.4. The van der Waals surface area contributed by atoms with Crippen LogP contribution in [0.3, 0.4) is 0 Å². The average Bonchev–Trinajstić information content (AvgIpc) is 3.24. The molecular formula is C25H27FN6O. The number of hydrogen-bond acceptors (Lipinski definition) is 5. The van der Waals surface area contributed by atoms with Gasteiger partial charge in [-0.3, -0.25) is 9.69 Å². The van der Waals surface area contributed by atoms with E-state index in [4.69, 9.17) is 0 Å². The molecule has 5 rings (SSSR count). The minimum atomic E-state index is -0.378. The zero-order chi connectivity index (χ0) is 22.9. The number of hydrogen-bond donors (Lipinski definition) is 1. The van der Waals surface area contributed by atoms with Crippen molar-refractivity contribution in [1.82, 2.24) is 30.1 Å². The molecule has 1 aliphatic rings. The maximum absolute atomic E-state index is 13.4. The van der Waals surface area contributed by atoms with Gasteiger partial charge in [-0.05, 0) is 77.4 Å². The number of nitrogens with zero attached hydrogens (tertiary/aromatic N) is 5. The molecule has 1 N–H and O–H groups in total. The number of aryl methyl sites for hydroxylation is 1. The molecule has 1 saturated heterocycles. The highest BCUT2D eigenvalue weighted by Gasteiger charge is 2.32. The first-order chi connectivity index (χ1) is 16.0.